The van der Waals surface area contributed by atoms with Crippen LogP contribution in [0.4, 0.5) is 0 Å². The van der Waals surface area contributed by atoms with Crippen molar-refractivity contribution in [3.63, 3.8) is 0 Å². The Labute approximate surface area is 148 Å². The molecule has 1 aromatic carbocycles. The Morgan fingerprint density at radius 1 is 1.24 bits per heavy atom. The molecule has 1 aromatic rings. The monoisotopic (exact) mass is 362 g/mol. The predicted molar refractivity (Wildman–Crippen MR) is 92.8 cm³/mol. The van der Waals surface area contributed by atoms with E-state index in [2.05, 4.69) is 0 Å². The number of carbonyl (C=O) groups is 1. The minimum absolute atomic E-state index is 0.0547. The lowest BCUT2D eigenvalue weighted by molar-refractivity contribution is -0.137. The first kappa shape index (κ1) is 17.7. The van der Waals surface area contributed by atoms with Gasteiger partial charge in [-0.2, -0.15) is 5.26 Å². The number of hydrogen-bond acceptors (Lipinski definition) is 5. The van der Waals surface area contributed by atoms with Crippen molar-refractivity contribution in [2.45, 2.75) is 44.2 Å². The lowest BCUT2D eigenvalue weighted by atomic mass is 10.1. The summed E-state index contributed by atoms with van der Waals surface area (Å²) in [6.07, 6.45) is 4.49. The molecule has 6 nitrogen and oxygen atoms in total. The minimum Gasteiger partial charge on any atom is -0.484 e. The molecule has 1 heterocycles. The third kappa shape index (κ3) is 4.31. The Morgan fingerprint density at radius 3 is 2.64 bits per heavy atom. The number of nitrogens with zero attached hydrogens (tertiary/aromatic N) is 2. The van der Waals surface area contributed by atoms with Crippen LogP contribution in [0.1, 0.15) is 37.7 Å². The molecule has 0 aromatic heterocycles. The first-order chi connectivity index (χ1) is 12.0. The Balaban J connectivity index is 1.69. The van der Waals surface area contributed by atoms with Gasteiger partial charge in [0, 0.05) is 12.1 Å². The first-order valence-corrected chi connectivity index (χ1v) is 10.5. The van der Waals surface area contributed by atoms with E-state index in [0.717, 1.165) is 25.7 Å². The van der Waals surface area contributed by atoms with Gasteiger partial charge in [0.1, 0.15) is 5.75 Å². The number of carbonyl (C=O) groups excluding carboxylic acids is 1. The summed E-state index contributed by atoms with van der Waals surface area (Å²) in [5.74, 6) is 0.507. The molecule has 1 saturated heterocycles. The highest BCUT2D eigenvalue weighted by atomic mass is 32.2. The third-order valence-electron chi connectivity index (χ3n) is 4.93. The number of ether oxygens (including phenoxy) is 1. The SMILES string of the molecule is N#Cc1cccc(OCC(=O)N(C2CCCC2)C2CCS(=O)(=O)C2)c1. The standard InChI is InChI=1S/C18H22N2O4S/c19-11-14-4-3-7-17(10-14)24-12-18(21)20(15-5-1-2-6-15)16-8-9-25(22,23)13-16/h3-4,7,10,15-16H,1-2,5-6,8-9,12-13H2. The fourth-order valence-corrected chi connectivity index (χ4v) is 5.47. The maximum atomic E-state index is 12.8. The number of hydrogen-bond donors (Lipinski definition) is 0. The van der Waals surface area contributed by atoms with Crippen molar-refractivity contribution in [3.05, 3.63) is 29.8 Å². The molecular formula is C18H22N2O4S. The molecule has 1 aliphatic carbocycles. The summed E-state index contributed by atoms with van der Waals surface area (Å²) >= 11 is 0. The fraction of sp³-hybridized carbons (Fsp3) is 0.556. The van der Waals surface area contributed by atoms with E-state index in [1.165, 1.54) is 0 Å². The third-order valence-corrected chi connectivity index (χ3v) is 6.68. The van der Waals surface area contributed by atoms with Crippen molar-refractivity contribution in [2.75, 3.05) is 18.1 Å². The van der Waals surface area contributed by atoms with Crippen LogP contribution in [0, 0.1) is 11.3 Å². The van der Waals surface area contributed by atoms with E-state index >= 15 is 0 Å². The number of amides is 1. The van der Waals surface area contributed by atoms with Crippen LogP contribution >= 0.6 is 0 Å². The number of sulfone groups is 1. The van der Waals surface area contributed by atoms with Crippen molar-refractivity contribution in [3.8, 4) is 11.8 Å². The van der Waals surface area contributed by atoms with Gasteiger partial charge in [0.2, 0.25) is 0 Å². The zero-order valence-corrected chi connectivity index (χ0v) is 14.9. The maximum absolute atomic E-state index is 12.8. The maximum Gasteiger partial charge on any atom is 0.261 e. The molecule has 25 heavy (non-hydrogen) atoms. The molecule has 2 aliphatic rings. The Morgan fingerprint density at radius 2 is 2.00 bits per heavy atom. The molecule has 0 spiro atoms. The van der Waals surface area contributed by atoms with Crippen molar-refractivity contribution < 1.29 is 17.9 Å². The summed E-state index contributed by atoms with van der Waals surface area (Å²) in [6, 6.07) is 8.57. The average Bonchev–Trinajstić information content (AvgIpc) is 3.23. The van der Waals surface area contributed by atoms with Crippen molar-refractivity contribution in [1.82, 2.24) is 4.90 Å². The zero-order valence-electron chi connectivity index (χ0n) is 14.1. The van der Waals surface area contributed by atoms with Gasteiger partial charge in [0.15, 0.2) is 16.4 Å². The number of rotatable bonds is 5. The van der Waals surface area contributed by atoms with Gasteiger partial charge in [-0.05, 0) is 37.5 Å². The van der Waals surface area contributed by atoms with Gasteiger partial charge in [-0.3, -0.25) is 4.79 Å². The zero-order chi connectivity index (χ0) is 17.9. The summed E-state index contributed by atoms with van der Waals surface area (Å²) in [4.78, 5) is 14.6. The van der Waals surface area contributed by atoms with Crippen LogP contribution in [-0.2, 0) is 14.6 Å². The topological polar surface area (TPSA) is 87.5 Å². The van der Waals surface area contributed by atoms with Crippen molar-refractivity contribution >= 4 is 15.7 Å². The highest BCUT2D eigenvalue weighted by molar-refractivity contribution is 7.91. The van der Waals surface area contributed by atoms with E-state index in [0.29, 0.717) is 17.7 Å². The Bertz CT molecular complexity index is 779. The largest absolute Gasteiger partial charge is 0.484 e. The highest BCUT2D eigenvalue weighted by Gasteiger charge is 2.39. The van der Waals surface area contributed by atoms with Crippen molar-refractivity contribution in [2.24, 2.45) is 0 Å². The van der Waals surface area contributed by atoms with Crippen molar-refractivity contribution in [1.29, 1.82) is 5.26 Å². The lowest BCUT2D eigenvalue weighted by Crippen LogP contribution is -2.48. The second kappa shape index (κ2) is 7.44. The molecule has 1 aliphatic heterocycles. The first-order valence-electron chi connectivity index (χ1n) is 8.63. The molecule has 1 amide bonds. The van der Waals surface area contributed by atoms with E-state index in [9.17, 15) is 13.2 Å². The van der Waals surface area contributed by atoms with E-state index in [1.807, 2.05) is 6.07 Å². The van der Waals surface area contributed by atoms with Crippen LogP contribution < -0.4 is 4.74 Å². The predicted octanol–water partition coefficient (Wildman–Crippen LogP) is 1.90. The molecule has 7 heteroatoms. The van der Waals surface area contributed by atoms with E-state index in [1.54, 1.807) is 29.2 Å². The Hall–Kier alpha value is -2.07. The van der Waals surface area contributed by atoms with E-state index in [4.69, 9.17) is 10.00 Å². The summed E-state index contributed by atoms with van der Waals surface area (Å²) < 4.78 is 29.2. The fourth-order valence-electron chi connectivity index (χ4n) is 3.76. The summed E-state index contributed by atoms with van der Waals surface area (Å²) in [7, 11) is -3.05. The lowest BCUT2D eigenvalue weighted by Gasteiger charge is -2.34. The molecule has 3 rings (SSSR count). The van der Waals surface area contributed by atoms with Crippen LogP contribution in [0.25, 0.3) is 0 Å². The molecule has 0 N–H and O–H groups in total. The van der Waals surface area contributed by atoms with Crippen LogP contribution in [-0.4, -0.2) is 49.4 Å². The molecule has 0 bridgehead atoms. The van der Waals surface area contributed by atoms with Gasteiger partial charge in [-0.1, -0.05) is 18.9 Å². The summed E-state index contributed by atoms with van der Waals surface area (Å²) in [5, 5.41) is 8.93. The van der Waals surface area contributed by atoms with E-state index < -0.39 is 9.84 Å². The average molecular weight is 362 g/mol. The van der Waals surface area contributed by atoms with Gasteiger partial charge < -0.3 is 9.64 Å². The number of nitriles is 1. The van der Waals surface area contributed by atoms with Gasteiger partial charge in [0.25, 0.3) is 5.91 Å². The van der Waals surface area contributed by atoms with Gasteiger partial charge in [-0.15, -0.1) is 0 Å². The van der Waals surface area contributed by atoms with Gasteiger partial charge >= 0.3 is 0 Å². The molecule has 1 atom stereocenters. The molecule has 1 saturated carbocycles. The normalized spacial score (nSPS) is 22.4. The van der Waals surface area contributed by atoms with Crippen LogP contribution in [0.5, 0.6) is 5.75 Å². The highest BCUT2D eigenvalue weighted by Crippen LogP contribution is 2.29. The molecule has 0 radical (unpaired) electrons. The summed E-state index contributed by atoms with van der Waals surface area (Å²) in [6.45, 7) is -0.137. The number of benzene rings is 1. The Kier molecular flexibility index (Phi) is 5.28. The van der Waals surface area contributed by atoms with Crippen LogP contribution in [0.3, 0.4) is 0 Å². The minimum atomic E-state index is -3.05. The second-order valence-corrected chi connectivity index (χ2v) is 8.95. The van der Waals surface area contributed by atoms with E-state index in [-0.39, 0.29) is 36.1 Å². The van der Waals surface area contributed by atoms with Gasteiger partial charge in [-0.25, -0.2) is 8.42 Å². The summed E-state index contributed by atoms with van der Waals surface area (Å²) in [5.41, 5.74) is 0.472. The van der Waals surface area contributed by atoms with Crippen LogP contribution in [0.2, 0.25) is 0 Å². The molecule has 134 valence electrons. The molecular weight excluding hydrogens is 340 g/mol. The molecule has 2 fully saturated rings. The van der Waals surface area contributed by atoms with Crippen LogP contribution in [0.15, 0.2) is 24.3 Å². The van der Waals surface area contributed by atoms with Gasteiger partial charge in [0.05, 0.1) is 23.1 Å². The smallest absolute Gasteiger partial charge is 0.261 e. The quantitative estimate of drug-likeness (QED) is 0.798. The second-order valence-electron chi connectivity index (χ2n) is 6.72. The molecule has 1 unspecified atom stereocenters.